The molecule has 3 heterocycles. The van der Waals surface area contributed by atoms with Crippen LogP contribution in [0.15, 0.2) is 116 Å². The number of aromatic nitrogens is 4. The maximum absolute atomic E-state index is 14.8. The third-order valence-electron chi connectivity index (χ3n) is 13.2. The summed E-state index contributed by atoms with van der Waals surface area (Å²) in [4.78, 5) is 15.1. The Labute approximate surface area is 423 Å². The monoisotopic (exact) mass is 1110 g/mol. The van der Waals surface area contributed by atoms with Crippen LogP contribution in [0, 0.1) is 17.5 Å². The Morgan fingerprint density at radius 1 is 0.614 bits per heavy atom. The van der Waals surface area contributed by atoms with Gasteiger partial charge in [0.05, 0.1) is 28.1 Å². The number of hydrogen-bond donors (Lipinski definition) is 0. The van der Waals surface area contributed by atoms with E-state index in [9.17, 15) is 13.2 Å². The summed E-state index contributed by atoms with van der Waals surface area (Å²) in [5, 5.41) is 1.58. The molecule has 0 bridgehead atoms. The predicted molar refractivity (Wildman–Crippen MR) is 275 cm³/mol. The Hall–Kier alpha value is -6.11. The molecule has 9 heteroatoms. The first-order chi connectivity index (χ1) is 32.3. The fraction of sp³-hybridized carbons (Fsp3) is 0.295. The van der Waals surface area contributed by atoms with Gasteiger partial charge in [-0.05, 0) is 80.5 Å². The molecular weight excluding hydrogens is 1060 g/mol. The summed E-state index contributed by atoms with van der Waals surface area (Å²) < 4.78 is 53.5. The summed E-state index contributed by atoms with van der Waals surface area (Å²) in [7, 11) is 0. The minimum absolute atomic E-state index is 0. The second kappa shape index (κ2) is 17.0. The molecule has 2 aromatic heterocycles. The SMILES string of the molecule is CC(C)(C)Cc1cc2c3c(ncnc3c1)-c1[c-]c(-c3cccc4c3nc(-c3[c-]c(C(C)(C)C)cc(C(C)(C)C)c3)n4-c3ccc(C(C)(C)C)cc3-c3ccccc3)c3cc(C(F)(F)F)ccc3c1O2.[Pt+2]. The van der Waals surface area contributed by atoms with Gasteiger partial charge in [0.2, 0.25) is 0 Å². The van der Waals surface area contributed by atoms with Crippen LogP contribution in [-0.4, -0.2) is 19.5 Å². The van der Waals surface area contributed by atoms with Crippen molar-refractivity contribution in [2.75, 3.05) is 0 Å². The summed E-state index contributed by atoms with van der Waals surface area (Å²) in [6.45, 7) is 26.4. The maximum atomic E-state index is 14.8. The molecule has 0 fully saturated rings. The molecule has 1 aliphatic heterocycles. The third-order valence-corrected chi connectivity index (χ3v) is 13.2. The molecule has 0 saturated carbocycles. The smallest absolute Gasteiger partial charge is 0.492 e. The van der Waals surface area contributed by atoms with Crippen LogP contribution in [0.25, 0.3) is 83.3 Å². The number of benzene rings is 7. The van der Waals surface area contributed by atoms with E-state index in [1.165, 1.54) is 17.7 Å². The largest absolute Gasteiger partial charge is 2.00 e. The topological polar surface area (TPSA) is 52.8 Å². The molecule has 1 aliphatic rings. The molecule has 0 aliphatic carbocycles. The summed E-state index contributed by atoms with van der Waals surface area (Å²) >= 11 is 0. The fourth-order valence-corrected chi connectivity index (χ4v) is 9.60. The van der Waals surface area contributed by atoms with Crippen molar-refractivity contribution in [2.45, 2.75) is 112 Å². The van der Waals surface area contributed by atoms with Crippen LogP contribution in [0.4, 0.5) is 13.2 Å². The molecule has 0 spiro atoms. The Kier molecular flexibility index (Phi) is 11.9. The number of hydrogen-bond acceptors (Lipinski definition) is 4. The first-order valence-corrected chi connectivity index (χ1v) is 23.7. The van der Waals surface area contributed by atoms with Crippen molar-refractivity contribution in [3.63, 3.8) is 0 Å². The maximum Gasteiger partial charge on any atom is 2.00 e. The van der Waals surface area contributed by atoms with Gasteiger partial charge in [0.25, 0.3) is 0 Å². The van der Waals surface area contributed by atoms with Crippen LogP contribution in [0.3, 0.4) is 0 Å². The molecule has 70 heavy (non-hydrogen) atoms. The minimum Gasteiger partial charge on any atom is -0.492 e. The number of fused-ring (bicyclic) bond motifs is 5. The van der Waals surface area contributed by atoms with Crippen LogP contribution >= 0.6 is 0 Å². The van der Waals surface area contributed by atoms with Crippen LogP contribution in [-0.2, 0) is 49.9 Å². The molecule has 0 amide bonds. The van der Waals surface area contributed by atoms with E-state index in [0.717, 1.165) is 68.0 Å². The molecule has 10 rings (SSSR count). The number of imidazole rings is 1. The average molecular weight is 1110 g/mol. The fourth-order valence-electron chi connectivity index (χ4n) is 9.60. The van der Waals surface area contributed by atoms with Crippen LogP contribution in [0.1, 0.15) is 111 Å². The number of rotatable bonds is 5. The summed E-state index contributed by atoms with van der Waals surface area (Å²) in [5.74, 6) is 1.63. The van der Waals surface area contributed by atoms with Gasteiger partial charge in [-0.1, -0.05) is 166 Å². The number of alkyl halides is 3. The molecule has 358 valence electrons. The molecule has 9 aromatic rings. The van der Waals surface area contributed by atoms with E-state index >= 15 is 0 Å². The van der Waals surface area contributed by atoms with E-state index in [4.69, 9.17) is 14.7 Å². The molecule has 0 N–H and O–H groups in total. The summed E-state index contributed by atoms with van der Waals surface area (Å²) in [6.07, 6.45) is -2.30. The van der Waals surface area contributed by atoms with Gasteiger partial charge >= 0.3 is 27.2 Å². The summed E-state index contributed by atoms with van der Waals surface area (Å²) in [5.41, 5.74) is 11.2. The quantitative estimate of drug-likeness (QED) is 0.161. The first kappa shape index (κ1) is 48.9. The van der Waals surface area contributed by atoms with Gasteiger partial charge < -0.3 is 9.30 Å². The minimum atomic E-state index is -4.61. The van der Waals surface area contributed by atoms with Crippen molar-refractivity contribution in [1.29, 1.82) is 0 Å². The zero-order valence-electron chi connectivity index (χ0n) is 41.8. The van der Waals surface area contributed by atoms with Gasteiger partial charge in [0.15, 0.2) is 0 Å². The summed E-state index contributed by atoms with van der Waals surface area (Å²) in [6, 6.07) is 42.8. The second-order valence-electron chi connectivity index (χ2n) is 23.0. The van der Waals surface area contributed by atoms with Crippen molar-refractivity contribution in [1.82, 2.24) is 19.5 Å². The van der Waals surface area contributed by atoms with Crippen LogP contribution < -0.4 is 4.74 Å². The Bertz CT molecular complexity index is 3490. The third kappa shape index (κ3) is 8.86. The predicted octanol–water partition coefficient (Wildman–Crippen LogP) is 17.0. The molecule has 7 aromatic carbocycles. The molecule has 0 atom stereocenters. The van der Waals surface area contributed by atoms with Crippen molar-refractivity contribution in [3.05, 3.63) is 155 Å². The van der Waals surface area contributed by atoms with E-state index in [-0.39, 0.29) is 42.7 Å². The van der Waals surface area contributed by atoms with Gasteiger partial charge in [-0.25, -0.2) is 4.98 Å². The molecule has 0 saturated heterocycles. The van der Waals surface area contributed by atoms with Crippen LogP contribution in [0.5, 0.6) is 11.5 Å². The Morgan fingerprint density at radius 2 is 1.33 bits per heavy atom. The van der Waals surface area contributed by atoms with E-state index < -0.39 is 11.7 Å². The standard InChI is InChI=1S/C61H57F3N4O.Pt/c1-57(2,3)33-35-25-48-52-51(26-35)69-55-43-23-21-39(61(62,63)64)31-45(43)46(32-47(55)54(52)66-34-65-48)42-19-16-20-50-53(42)67-56(37-27-40(59(7,8)9)29-41(28-37)60(10,11)12)68(50)49-24-22-38(58(4,5)6)30-44(49)36-17-14-13-15-18-36;/h13-27,29-31,34H,33H2,1-12H3;/q-2;+2. The molecule has 5 nitrogen and oxygen atoms in total. The molecule has 0 radical (unpaired) electrons. The van der Waals surface area contributed by atoms with E-state index in [0.29, 0.717) is 56.0 Å². The van der Waals surface area contributed by atoms with Crippen molar-refractivity contribution < 1.29 is 39.0 Å². The van der Waals surface area contributed by atoms with E-state index in [1.807, 2.05) is 30.3 Å². The van der Waals surface area contributed by atoms with Gasteiger partial charge in [0, 0.05) is 27.9 Å². The van der Waals surface area contributed by atoms with Crippen molar-refractivity contribution in [2.24, 2.45) is 5.41 Å². The van der Waals surface area contributed by atoms with E-state index in [2.05, 4.69) is 165 Å². The Balaban J connectivity index is 0.00000608. The van der Waals surface area contributed by atoms with Gasteiger partial charge in [0.1, 0.15) is 12.1 Å². The Morgan fingerprint density at radius 3 is 2.00 bits per heavy atom. The first-order valence-electron chi connectivity index (χ1n) is 23.7. The average Bonchev–Trinajstić information content (AvgIpc) is 3.67. The number of para-hydroxylation sites is 1. The second-order valence-corrected chi connectivity index (χ2v) is 23.0. The number of nitrogens with zero attached hydrogens (tertiary/aromatic N) is 4. The number of halogens is 3. The zero-order chi connectivity index (χ0) is 49.2. The number of ether oxygens (including phenoxy) is 1. The van der Waals surface area contributed by atoms with Crippen molar-refractivity contribution in [3.8, 4) is 62.1 Å². The van der Waals surface area contributed by atoms with Gasteiger partial charge in [-0.3, -0.25) is 9.97 Å². The van der Waals surface area contributed by atoms with Crippen molar-refractivity contribution >= 4 is 32.7 Å². The zero-order valence-corrected chi connectivity index (χ0v) is 44.1. The van der Waals surface area contributed by atoms with Gasteiger partial charge in [-0.15, -0.1) is 46.5 Å². The van der Waals surface area contributed by atoms with E-state index in [1.54, 1.807) is 6.33 Å². The van der Waals surface area contributed by atoms with Crippen LogP contribution in [0.2, 0.25) is 0 Å². The normalized spacial score (nSPS) is 13.1. The molecular formula is C61H57F3N4OPt. The van der Waals surface area contributed by atoms with Gasteiger partial charge in [-0.2, -0.15) is 13.2 Å². The molecule has 0 unspecified atom stereocenters.